The minimum atomic E-state index is -0.454. The van der Waals surface area contributed by atoms with Crippen molar-refractivity contribution < 1.29 is 19.0 Å². The molecular weight excluding hydrogens is 306 g/mol. The molecule has 2 atom stereocenters. The van der Waals surface area contributed by atoms with Crippen molar-refractivity contribution in [1.29, 1.82) is 0 Å². The number of carbonyl (C=O) groups is 1. The van der Waals surface area contributed by atoms with Crippen molar-refractivity contribution in [2.75, 3.05) is 20.2 Å². The SMILES string of the molecule is CN(C[C@H]1COc2ccccc2O1)C(=O)[C@@H]1Cc2ccccc2O1. The van der Waals surface area contributed by atoms with Crippen molar-refractivity contribution in [1.82, 2.24) is 4.90 Å². The summed E-state index contributed by atoms with van der Waals surface area (Å²) in [6.45, 7) is 0.893. The Labute approximate surface area is 140 Å². The highest BCUT2D eigenvalue weighted by atomic mass is 16.6. The van der Waals surface area contributed by atoms with Crippen LogP contribution in [0, 0.1) is 0 Å². The van der Waals surface area contributed by atoms with E-state index in [-0.39, 0.29) is 12.0 Å². The highest BCUT2D eigenvalue weighted by molar-refractivity contribution is 5.82. The van der Waals surface area contributed by atoms with Crippen molar-refractivity contribution in [3.63, 3.8) is 0 Å². The Hall–Kier alpha value is -2.69. The molecule has 5 nitrogen and oxygen atoms in total. The lowest BCUT2D eigenvalue weighted by Crippen LogP contribution is -2.46. The molecule has 0 radical (unpaired) electrons. The van der Waals surface area contributed by atoms with E-state index in [0.29, 0.717) is 19.6 Å². The number of rotatable bonds is 3. The van der Waals surface area contributed by atoms with Crippen LogP contribution in [0.3, 0.4) is 0 Å². The zero-order valence-corrected chi connectivity index (χ0v) is 13.5. The lowest BCUT2D eigenvalue weighted by Gasteiger charge is -2.30. The molecule has 1 amide bonds. The summed E-state index contributed by atoms with van der Waals surface area (Å²) in [4.78, 5) is 14.3. The largest absolute Gasteiger partial charge is 0.486 e. The van der Waals surface area contributed by atoms with E-state index in [0.717, 1.165) is 22.8 Å². The van der Waals surface area contributed by atoms with Crippen LogP contribution in [0.15, 0.2) is 48.5 Å². The Balaban J connectivity index is 1.37. The first-order valence-electron chi connectivity index (χ1n) is 8.09. The van der Waals surface area contributed by atoms with Crippen LogP contribution in [0.5, 0.6) is 17.2 Å². The molecule has 0 aromatic heterocycles. The van der Waals surface area contributed by atoms with Gasteiger partial charge in [0.15, 0.2) is 23.7 Å². The topological polar surface area (TPSA) is 48.0 Å². The first kappa shape index (κ1) is 14.9. The van der Waals surface area contributed by atoms with Gasteiger partial charge in [-0.3, -0.25) is 4.79 Å². The summed E-state index contributed by atoms with van der Waals surface area (Å²) in [6, 6.07) is 15.3. The van der Waals surface area contributed by atoms with Gasteiger partial charge in [-0.15, -0.1) is 0 Å². The third kappa shape index (κ3) is 2.77. The second-order valence-corrected chi connectivity index (χ2v) is 6.13. The molecule has 2 aromatic carbocycles. The average molecular weight is 325 g/mol. The van der Waals surface area contributed by atoms with Gasteiger partial charge in [-0.05, 0) is 23.8 Å². The Morgan fingerprint density at radius 2 is 1.75 bits per heavy atom. The smallest absolute Gasteiger partial charge is 0.263 e. The van der Waals surface area contributed by atoms with E-state index in [9.17, 15) is 4.79 Å². The molecule has 2 aliphatic heterocycles. The minimum Gasteiger partial charge on any atom is -0.486 e. The molecule has 0 bridgehead atoms. The molecule has 0 saturated heterocycles. The number of nitrogens with zero attached hydrogens (tertiary/aromatic N) is 1. The number of benzene rings is 2. The normalized spacial score (nSPS) is 20.9. The number of ether oxygens (including phenoxy) is 3. The van der Waals surface area contributed by atoms with Gasteiger partial charge in [0.2, 0.25) is 0 Å². The van der Waals surface area contributed by atoms with E-state index in [2.05, 4.69) is 0 Å². The first-order chi connectivity index (χ1) is 11.7. The van der Waals surface area contributed by atoms with Gasteiger partial charge >= 0.3 is 0 Å². The van der Waals surface area contributed by atoms with Crippen LogP contribution < -0.4 is 14.2 Å². The zero-order valence-electron chi connectivity index (χ0n) is 13.5. The molecule has 0 N–H and O–H groups in total. The molecule has 0 unspecified atom stereocenters. The van der Waals surface area contributed by atoms with Crippen LogP contribution in [-0.2, 0) is 11.2 Å². The van der Waals surface area contributed by atoms with Crippen molar-refractivity contribution in [3.8, 4) is 17.2 Å². The molecule has 0 aliphatic carbocycles. The number of fused-ring (bicyclic) bond motifs is 2. The lowest BCUT2D eigenvalue weighted by atomic mass is 10.1. The molecule has 2 aromatic rings. The third-order valence-electron chi connectivity index (χ3n) is 4.34. The monoisotopic (exact) mass is 325 g/mol. The first-order valence-corrected chi connectivity index (χ1v) is 8.09. The average Bonchev–Trinajstić information content (AvgIpc) is 3.05. The summed E-state index contributed by atoms with van der Waals surface area (Å²) in [5.74, 6) is 2.24. The van der Waals surface area contributed by atoms with Crippen LogP contribution in [0.1, 0.15) is 5.56 Å². The van der Waals surface area contributed by atoms with Crippen LogP contribution in [0.4, 0.5) is 0 Å². The maximum atomic E-state index is 12.6. The minimum absolute atomic E-state index is 0.0336. The molecule has 0 spiro atoms. The summed E-state index contributed by atoms with van der Waals surface area (Å²) < 4.78 is 17.4. The number of amides is 1. The molecule has 124 valence electrons. The van der Waals surface area contributed by atoms with Gasteiger partial charge in [-0.2, -0.15) is 0 Å². The quantitative estimate of drug-likeness (QED) is 0.869. The van der Waals surface area contributed by atoms with Crippen molar-refractivity contribution >= 4 is 5.91 Å². The molecular formula is C19H19NO4. The summed E-state index contributed by atoms with van der Waals surface area (Å²) in [5, 5.41) is 0. The van der Waals surface area contributed by atoms with Gasteiger partial charge < -0.3 is 19.1 Å². The van der Waals surface area contributed by atoms with Crippen molar-refractivity contribution in [2.24, 2.45) is 0 Å². The standard InChI is InChI=1S/C19H19NO4/c1-20(11-14-12-22-16-8-4-5-9-17(16)23-14)19(21)18-10-13-6-2-3-7-15(13)24-18/h2-9,14,18H,10-12H2,1H3/t14-,18-/m0/s1. The molecule has 24 heavy (non-hydrogen) atoms. The fourth-order valence-electron chi connectivity index (χ4n) is 3.11. The predicted octanol–water partition coefficient (Wildman–Crippen LogP) is 2.29. The van der Waals surface area contributed by atoms with Crippen molar-refractivity contribution in [2.45, 2.75) is 18.6 Å². The third-order valence-corrected chi connectivity index (χ3v) is 4.34. The fraction of sp³-hybridized carbons (Fsp3) is 0.316. The fourth-order valence-corrected chi connectivity index (χ4v) is 3.11. The van der Waals surface area contributed by atoms with E-state index >= 15 is 0 Å². The van der Waals surface area contributed by atoms with Gasteiger partial charge in [0.25, 0.3) is 5.91 Å². The Morgan fingerprint density at radius 3 is 2.54 bits per heavy atom. The van der Waals surface area contributed by atoms with E-state index in [4.69, 9.17) is 14.2 Å². The summed E-state index contributed by atoms with van der Waals surface area (Å²) in [6.07, 6.45) is -0.0219. The molecule has 0 saturated carbocycles. The summed E-state index contributed by atoms with van der Waals surface area (Å²) >= 11 is 0. The van der Waals surface area contributed by atoms with E-state index in [1.165, 1.54) is 0 Å². The Kier molecular flexibility index (Phi) is 3.76. The maximum Gasteiger partial charge on any atom is 0.263 e. The highest BCUT2D eigenvalue weighted by Gasteiger charge is 2.32. The van der Waals surface area contributed by atoms with E-state index in [1.54, 1.807) is 11.9 Å². The number of hydrogen-bond acceptors (Lipinski definition) is 4. The molecule has 5 heteroatoms. The summed E-state index contributed by atoms with van der Waals surface area (Å²) in [5.41, 5.74) is 1.08. The lowest BCUT2D eigenvalue weighted by molar-refractivity contribution is -0.138. The Bertz CT molecular complexity index is 736. The van der Waals surface area contributed by atoms with E-state index < -0.39 is 6.10 Å². The molecule has 2 heterocycles. The van der Waals surface area contributed by atoms with Gasteiger partial charge in [-0.1, -0.05) is 30.3 Å². The van der Waals surface area contributed by atoms with Crippen LogP contribution in [0.2, 0.25) is 0 Å². The number of para-hydroxylation sites is 3. The number of likely N-dealkylation sites (N-methyl/N-ethyl adjacent to an activating group) is 1. The second kappa shape index (κ2) is 6.07. The highest BCUT2D eigenvalue weighted by Crippen LogP contribution is 2.31. The van der Waals surface area contributed by atoms with Gasteiger partial charge in [0, 0.05) is 13.5 Å². The van der Waals surface area contributed by atoms with Crippen LogP contribution >= 0.6 is 0 Å². The molecule has 0 fully saturated rings. The molecule has 2 aliphatic rings. The maximum absolute atomic E-state index is 12.6. The number of carbonyl (C=O) groups excluding carboxylic acids is 1. The van der Waals surface area contributed by atoms with Crippen molar-refractivity contribution in [3.05, 3.63) is 54.1 Å². The zero-order chi connectivity index (χ0) is 16.5. The van der Waals surface area contributed by atoms with Gasteiger partial charge in [0.05, 0.1) is 6.54 Å². The van der Waals surface area contributed by atoms with Crippen LogP contribution in [-0.4, -0.2) is 43.2 Å². The van der Waals surface area contributed by atoms with Gasteiger partial charge in [0.1, 0.15) is 12.4 Å². The summed E-state index contributed by atoms with van der Waals surface area (Å²) in [7, 11) is 1.78. The Morgan fingerprint density at radius 1 is 1.04 bits per heavy atom. The predicted molar refractivity (Wildman–Crippen MR) is 88.6 cm³/mol. The van der Waals surface area contributed by atoms with Gasteiger partial charge in [-0.25, -0.2) is 0 Å². The van der Waals surface area contributed by atoms with E-state index in [1.807, 2.05) is 48.5 Å². The number of hydrogen-bond donors (Lipinski definition) is 0. The van der Waals surface area contributed by atoms with Crippen LogP contribution in [0.25, 0.3) is 0 Å². The molecule has 4 rings (SSSR count). The second-order valence-electron chi connectivity index (χ2n) is 6.13.